The Hall–Kier alpha value is -2.39. The Morgan fingerprint density at radius 3 is 1.83 bits per heavy atom. The van der Waals surface area contributed by atoms with E-state index in [1.54, 1.807) is 12.1 Å². The number of rotatable bonds is 7. The number of halogens is 1. The van der Waals surface area contributed by atoms with E-state index in [1.807, 2.05) is 72.8 Å². The highest BCUT2D eigenvalue weighted by Crippen LogP contribution is 2.23. The average Bonchev–Trinajstić information content (AvgIpc) is 2.71. The molecule has 5 nitrogen and oxygen atoms in total. The van der Waals surface area contributed by atoms with Crippen LogP contribution in [0.4, 0.5) is 5.69 Å². The summed E-state index contributed by atoms with van der Waals surface area (Å²) in [7, 11) is -3.62. The fourth-order valence-electron chi connectivity index (χ4n) is 2.99. The SMILES string of the molecule is CS(=O)(=O)N(CC(=O)NC(c1ccccc1)c1ccccc1)c1ccc(I)cc1. The largest absolute Gasteiger partial charge is 0.344 e. The first-order chi connectivity index (χ1) is 13.8. The van der Waals surface area contributed by atoms with Gasteiger partial charge in [-0.1, -0.05) is 60.7 Å². The maximum atomic E-state index is 12.9. The standard InChI is InChI=1S/C22H21IN2O3S/c1-29(27,28)25(20-14-12-19(23)13-15-20)16-21(26)24-22(17-8-4-2-5-9-17)18-10-6-3-7-11-18/h2-15,22H,16H2,1H3,(H,24,26). The van der Waals surface area contributed by atoms with Crippen molar-refractivity contribution in [2.75, 3.05) is 17.1 Å². The second-order valence-corrected chi connectivity index (χ2v) is 9.72. The summed E-state index contributed by atoms with van der Waals surface area (Å²) < 4.78 is 26.7. The lowest BCUT2D eigenvalue weighted by atomic mass is 9.99. The number of nitrogens with one attached hydrogen (secondary N) is 1. The molecule has 0 radical (unpaired) electrons. The summed E-state index contributed by atoms with van der Waals surface area (Å²) in [4.78, 5) is 12.9. The van der Waals surface area contributed by atoms with E-state index in [2.05, 4.69) is 27.9 Å². The minimum Gasteiger partial charge on any atom is -0.344 e. The van der Waals surface area contributed by atoms with Gasteiger partial charge in [-0.25, -0.2) is 8.42 Å². The number of hydrogen-bond donors (Lipinski definition) is 1. The Morgan fingerprint density at radius 2 is 1.38 bits per heavy atom. The van der Waals surface area contributed by atoms with Crippen molar-refractivity contribution >= 4 is 44.2 Å². The molecule has 1 amide bonds. The molecule has 0 fully saturated rings. The highest BCUT2D eigenvalue weighted by molar-refractivity contribution is 14.1. The third-order valence-electron chi connectivity index (χ3n) is 4.37. The fourth-order valence-corrected chi connectivity index (χ4v) is 4.21. The number of hydrogen-bond acceptors (Lipinski definition) is 3. The van der Waals surface area contributed by atoms with Gasteiger partial charge in [-0.3, -0.25) is 9.10 Å². The summed E-state index contributed by atoms with van der Waals surface area (Å²) in [5.74, 6) is -0.383. The van der Waals surface area contributed by atoms with E-state index in [0.29, 0.717) is 5.69 Å². The first kappa shape index (κ1) is 21.3. The lowest BCUT2D eigenvalue weighted by molar-refractivity contribution is -0.120. The molecule has 150 valence electrons. The molecule has 0 heterocycles. The molecule has 0 atom stereocenters. The van der Waals surface area contributed by atoms with E-state index in [4.69, 9.17) is 0 Å². The van der Waals surface area contributed by atoms with Gasteiger partial charge in [-0.05, 0) is 58.0 Å². The Kier molecular flexibility index (Phi) is 6.92. The minimum atomic E-state index is -3.62. The number of sulfonamides is 1. The van der Waals surface area contributed by atoms with Gasteiger partial charge in [0.15, 0.2) is 0 Å². The van der Waals surface area contributed by atoms with Crippen LogP contribution in [0.15, 0.2) is 84.9 Å². The smallest absolute Gasteiger partial charge is 0.241 e. The third-order valence-corrected chi connectivity index (χ3v) is 6.23. The lowest BCUT2D eigenvalue weighted by Crippen LogP contribution is -2.41. The van der Waals surface area contributed by atoms with Gasteiger partial charge < -0.3 is 5.32 Å². The van der Waals surface area contributed by atoms with Gasteiger partial charge in [-0.15, -0.1) is 0 Å². The van der Waals surface area contributed by atoms with Gasteiger partial charge in [0, 0.05) is 3.57 Å². The van der Waals surface area contributed by atoms with E-state index in [-0.39, 0.29) is 18.5 Å². The number of benzene rings is 3. The average molecular weight is 520 g/mol. The molecule has 0 saturated carbocycles. The molecule has 0 aliphatic rings. The van der Waals surface area contributed by atoms with Crippen molar-refractivity contribution in [3.8, 4) is 0 Å². The van der Waals surface area contributed by atoms with Crippen molar-refractivity contribution in [2.45, 2.75) is 6.04 Å². The third kappa shape index (κ3) is 5.80. The quantitative estimate of drug-likeness (QED) is 0.480. The van der Waals surface area contributed by atoms with Gasteiger partial charge in [-0.2, -0.15) is 0 Å². The van der Waals surface area contributed by atoms with E-state index in [0.717, 1.165) is 25.3 Å². The zero-order chi connectivity index (χ0) is 20.9. The number of anilines is 1. The summed E-state index contributed by atoms with van der Waals surface area (Å²) in [5, 5.41) is 2.99. The first-order valence-electron chi connectivity index (χ1n) is 8.97. The molecule has 0 saturated heterocycles. The zero-order valence-electron chi connectivity index (χ0n) is 15.8. The van der Waals surface area contributed by atoms with Gasteiger partial charge >= 0.3 is 0 Å². The molecule has 3 aromatic carbocycles. The predicted molar refractivity (Wildman–Crippen MR) is 124 cm³/mol. The molecule has 29 heavy (non-hydrogen) atoms. The van der Waals surface area contributed by atoms with Gasteiger partial charge in [0.05, 0.1) is 18.0 Å². The lowest BCUT2D eigenvalue weighted by Gasteiger charge is -2.25. The Balaban J connectivity index is 1.86. The van der Waals surface area contributed by atoms with Crippen molar-refractivity contribution in [2.24, 2.45) is 0 Å². The molecule has 0 spiro atoms. The second-order valence-electron chi connectivity index (χ2n) is 6.57. The molecule has 0 unspecified atom stereocenters. The normalized spacial score (nSPS) is 11.3. The summed E-state index contributed by atoms with van der Waals surface area (Å²) in [6.07, 6.45) is 1.10. The van der Waals surface area contributed by atoms with Crippen LogP contribution < -0.4 is 9.62 Å². The topological polar surface area (TPSA) is 66.5 Å². The summed E-state index contributed by atoms with van der Waals surface area (Å²) in [6, 6.07) is 25.8. The molecule has 0 aliphatic carbocycles. The highest BCUT2D eigenvalue weighted by atomic mass is 127. The zero-order valence-corrected chi connectivity index (χ0v) is 18.8. The van der Waals surface area contributed by atoms with Crippen LogP contribution in [-0.2, 0) is 14.8 Å². The molecular formula is C22H21IN2O3S. The van der Waals surface area contributed by atoms with E-state index >= 15 is 0 Å². The van der Waals surface area contributed by atoms with Crippen molar-refractivity contribution < 1.29 is 13.2 Å². The fraction of sp³-hybridized carbons (Fsp3) is 0.136. The predicted octanol–water partition coefficient (Wildman–Crippen LogP) is 3.96. The maximum absolute atomic E-state index is 12.9. The summed E-state index contributed by atoms with van der Waals surface area (Å²) in [6.45, 7) is -0.296. The first-order valence-corrected chi connectivity index (χ1v) is 11.9. The van der Waals surface area contributed by atoms with Gasteiger partial charge in [0.25, 0.3) is 0 Å². The number of nitrogens with zero attached hydrogens (tertiary/aromatic N) is 1. The van der Waals surface area contributed by atoms with Crippen LogP contribution in [0.5, 0.6) is 0 Å². The van der Waals surface area contributed by atoms with Crippen LogP contribution in [0, 0.1) is 3.57 Å². The Morgan fingerprint density at radius 1 is 0.897 bits per heavy atom. The second kappa shape index (κ2) is 9.41. The van der Waals surface area contributed by atoms with Crippen LogP contribution in [0.25, 0.3) is 0 Å². The molecule has 0 aromatic heterocycles. The summed E-state index contributed by atoms with van der Waals surface area (Å²) >= 11 is 2.15. The van der Waals surface area contributed by atoms with E-state index in [9.17, 15) is 13.2 Å². The Bertz CT molecular complexity index is 1020. The number of carbonyl (C=O) groups is 1. The van der Waals surface area contributed by atoms with Crippen LogP contribution >= 0.6 is 22.6 Å². The van der Waals surface area contributed by atoms with Crippen molar-refractivity contribution in [1.29, 1.82) is 0 Å². The van der Waals surface area contributed by atoms with E-state index in [1.165, 1.54) is 0 Å². The van der Waals surface area contributed by atoms with Crippen LogP contribution in [0.1, 0.15) is 17.2 Å². The summed E-state index contributed by atoms with van der Waals surface area (Å²) in [5.41, 5.74) is 2.30. The number of amides is 1. The molecule has 0 bridgehead atoms. The molecule has 0 aliphatic heterocycles. The van der Waals surface area contributed by atoms with Gasteiger partial charge in [0.2, 0.25) is 15.9 Å². The molecule has 3 aromatic rings. The Labute approximate surface area is 184 Å². The van der Waals surface area contributed by atoms with Crippen molar-refractivity contribution in [1.82, 2.24) is 5.32 Å². The minimum absolute atomic E-state index is 0.296. The molecule has 7 heteroatoms. The van der Waals surface area contributed by atoms with E-state index < -0.39 is 10.0 Å². The molecule has 3 rings (SSSR count). The van der Waals surface area contributed by atoms with Crippen LogP contribution in [-0.4, -0.2) is 27.1 Å². The van der Waals surface area contributed by atoms with Gasteiger partial charge in [0.1, 0.15) is 6.54 Å². The van der Waals surface area contributed by atoms with Crippen molar-refractivity contribution in [3.05, 3.63) is 99.6 Å². The molecule has 1 N–H and O–H groups in total. The van der Waals surface area contributed by atoms with Crippen LogP contribution in [0.3, 0.4) is 0 Å². The monoisotopic (exact) mass is 520 g/mol. The molecular weight excluding hydrogens is 499 g/mol. The van der Waals surface area contributed by atoms with Crippen molar-refractivity contribution in [3.63, 3.8) is 0 Å². The maximum Gasteiger partial charge on any atom is 0.241 e. The van der Waals surface area contributed by atoms with Crippen LogP contribution in [0.2, 0.25) is 0 Å². The highest BCUT2D eigenvalue weighted by Gasteiger charge is 2.23. The number of carbonyl (C=O) groups excluding carboxylic acids is 1.